The Morgan fingerprint density at radius 1 is 1.27 bits per heavy atom. The van der Waals surface area contributed by atoms with E-state index >= 15 is 0 Å². The van der Waals surface area contributed by atoms with Crippen LogP contribution >= 0.6 is 31.9 Å². The number of nitrogens with two attached hydrogens (primary N) is 1. The number of nitrogens with zero attached hydrogens (tertiary/aromatic N) is 2. The molecule has 0 aliphatic carbocycles. The van der Waals surface area contributed by atoms with Crippen molar-refractivity contribution >= 4 is 31.9 Å². The minimum Gasteiger partial charge on any atom is -0.487 e. The van der Waals surface area contributed by atoms with Crippen LogP contribution in [-0.4, -0.2) is 10.2 Å². The van der Waals surface area contributed by atoms with Crippen molar-refractivity contribution in [2.45, 2.75) is 19.4 Å². The SMILES string of the molecule is Cc1[nH]nc2c1[C@@H](c1cc(Br)c(OCc3ccc(F)cc3)c(Br)c1)C(C#N)=C(N)O2. The summed E-state index contributed by atoms with van der Waals surface area (Å²) in [4.78, 5) is 0. The molecular weight excluding hydrogens is 519 g/mol. The third-order valence-corrected chi connectivity index (χ3v) is 5.96. The van der Waals surface area contributed by atoms with Crippen LogP contribution in [0.1, 0.15) is 28.3 Å². The van der Waals surface area contributed by atoms with Crippen molar-refractivity contribution in [2.24, 2.45) is 5.73 Å². The molecule has 1 aliphatic heterocycles. The van der Waals surface area contributed by atoms with Gasteiger partial charge in [-0.05, 0) is 74.2 Å². The fourth-order valence-electron chi connectivity index (χ4n) is 3.35. The van der Waals surface area contributed by atoms with E-state index in [4.69, 9.17) is 15.2 Å². The number of allylic oxidation sites excluding steroid dienone is 1. The molecule has 3 N–H and O–H groups in total. The summed E-state index contributed by atoms with van der Waals surface area (Å²) in [5.41, 5.74) is 9.50. The van der Waals surface area contributed by atoms with Crippen molar-refractivity contribution in [3.8, 4) is 17.7 Å². The number of aromatic amines is 1. The Labute approximate surface area is 188 Å². The lowest BCUT2D eigenvalue weighted by atomic mass is 9.84. The van der Waals surface area contributed by atoms with Crippen LogP contribution in [0.25, 0.3) is 0 Å². The van der Waals surface area contributed by atoms with E-state index in [0.29, 0.717) is 26.1 Å². The van der Waals surface area contributed by atoms with Gasteiger partial charge in [-0.1, -0.05) is 12.1 Å². The highest BCUT2D eigenvalue weighted by molar-refractivity contribution is 9.11. The van der Waals surface area contributed by atoms with E-state index in [0.717, 1.165) is 22.4 Å². The maximum atomic E-state index is 13.1. The topological polar surface area (TPSA) is 97.0 Å². The maximum Gasteiger partial charge on any atom is 0.244 e. The fraction of sp³-hybridized carbons (Fsp3) is 0.143. The normalized spacial score (nSPS) is 15.4. The Balaban J connectivity index is 1.70. The van der Waals surface area contributed by atoms with Gasteiger partial charge < -0.3 is 15.2 Å². The van der Waals surface area contributed by atoms with E-state index in [1.807, 2.05) is 19.1 Å². The summed E-state index contributed by atoms with van der Waals surface area (Å²) in [5, 5.41) is 16.7. The molecule has 3 aromatic rings. The number of hydrogen-bond acceptors (Lipinski definition) is 5. The van der Waals surface area contributed by atoms with Crippen molar-refractivity contribution in [3.63, 3.8) is 0 Å². The van der Waals surface area contributed by atoms with Crippen molar-refractivity contribution in [1.29, 1.82) is 5.26 Å². The molecule has 0 bridgehead atoms. The number of hydrogen-bond donors (Lipinski definition) is 2. The van der Waals surface area contributed by atoms with E-state index in [9.17, 15) is 9.65 Å². The fourth-order valence-corrected chi connectivity index (χ4v) is 4.80. The minimum atomic E-state index is -0.434. The van der Waals surface area contributed by atoms with Crippen molar-refractivity contribution in [3.05, 3.63) is 85.0 Å². The quantitative estimate of drug-likeness (QED) is 0.481. The minimum absolute atomic E-state index is 0.0328. The van der Waals surface area contributed by atoms with Crippen LogP contribution in [0.15, 0.2) is 56.8 Å². The molecule has 0 radical (unpaired) electrons. The van der Waals surface area contributed by atoms with Gasteiger partial charge >= 0.3 is 0 Å². The molecule has 1 aliphatic rings. The molecule has 2 aromatic carbocycles. The third-order valence-electron chi connectivity index (χ3n) is 4.78. The zero-order valence-electron chi connectivity index (χ0n) is 15.7. The van der Waals surface area contributed by atoms with Crippen LogP contribution in [0.4, 0.5) is 4.39 Å². The van der Waals surface area contributed by atoms with Gasteiger partial charge in [0.1, 0.15) is 29.8 Å². The van der Waals surface area contributed by atoms with Gasteiger partial charge in [-0.15, -0.1) is 5.10 Å². The van der Waals surface area contributed by atoms with Crippen LogP contribution in [0.5, 0.6) is 11.6 Å². The van der Waals surface area contributed by atoms with Crippen LogP contribution in [0.2, 0.25) is 0 Å². The number of nitriles is 1. The molecule has 9 heteroatoms. The van der Waals surface area contributed by atoms with Gasteiger partial charge in [-0.25, -0.2) is 4.39 Å². The maximum absolute atomic E-state index is 13.1. The molecule has 1 atom stereocenters. The molecule has 152 valence electrons. The zero-order chi connectivity index (χ0) is 21.4. The first-order valence-electron chi connectivity index (χ1n) is 8.87. The Morgan fingerprint density at radius 2 is 1.93 bits per heavy atom. The van der Waals surface area contributed by atoms with Crippen LogP contribution in [0.3, 0.4) is 0 Å². The number of aryl methyl sites for hydroxylation is 1. The number of ether oxygens (including phenoxy) is 2. The monoisotopic (exact) mass is 532 g/mol. The summed E-state index contributed by atoms with van der Waals surface area (Å²) in [6.07, 6.45) is 0. The third kappa shape index (κ3) is 3.68. The lowest BCUT2D eigenvalue weighted by molar-refractivity contribution is 0.302. The van der Waals surface area contributed by atoms with Crippen molar-refractivity contribution < 1.29 is 13.9 Å². The van der Waals surface area contributed by atoms with Crippen LogP contribution in [0, 0.1) is 24.1 Å². The van der Waals surface area contributed by atoms with E-state index in [1.54, 1.807) is 12.1 Å². The largest absolute Gasteiger partial charge is 0.487 e. The first kappa shape index (κ1) is 20.4. The zero-order valence-corrected chi connectivity index (χ0v) is 18.8. The van der Waals surface area contributed by atoms with Crippen LogP contribution < -0.4 is 15.2 Å². The van der Waals surface area contributed by atoms with Gasteiger partial charge in [-0.2, -0.15) is 5.26 Å². The van der Waals surface area contributed by atoms with E-state index in [-0.39, 0.29) is 18.3 Å². The van der Waals surface area contributed by atoms with E-state index in [1.165, 1.54) is 12.1 Å². The number of fused-ring (bicyclic) bond motifs is 1. The van der Waals surface area contributed by atoms with Gasteiger partial charge in [0, 0.05) is 11.3 Å². The molecule has 6 nitrogen and oxygen atoms in total. The highest BCUT2D eigenvalue weighted by Gasteiger charge is 2.34. The first-order valence-corrected chi connectivity index (χ1v) is 10.5. The van der Waals surface area contributed by atoms with Gasteiger partial charge in [0.2, 0.25) is 11.8 Å². The average molecular weight is 534 g/mol. The molecule has 0 amide bonds. The average Bonchev–Trinajstić information content (AvgIpc) is 3.07. The molecule has 4 rings (SSSR count). The highest BCUT2D eigenvalue weighted by Crippen LogP contribution is 2.46. The number of rotatable bonds is 4. The highest BCUT2D eigenvalue weighted by atomic mass is 79.9. The van der Waals surface area contributed by atoms with Gasteiger partial charge in [-0.3, -0.25) is 5.10 Å². The Morgan fingerprint density at radius 3 is 2.57 bits per heavy atom. The summed E-state index contributed by atoms with van der Waals surface area (Å²) in [5.74, 6) is 0.255. The summed E-state index contributed by atoms with van der Waals surface area (Å²) in [6, 6.07) is 12.0. The molecule has 0 saturated heterocycles. The molecule has 1 aromatic heterocycles. The van der Waals surface area contributed by atoms with E-state index < -0.39 is 5.92 Å². The predicted octanol–water partition coefficient (Wildman–Crippen LogP) is 5.18. The van der Waals surface area contributed by atoms with Gasteiger partial charge in [0.25, 0.3) is 0 Å². The number of halogens is 3. The van der Waals surface area contributed by atoms with Crippen molar-refractivity contribution in [2.75, 3.05) is 0 Å². The lowest BCUT2D eigenvalue weighted by Crippen LogP contribution is -2.21. The smallest absolute Gasteiger partial charge is 0.244 e. The second-order valence-electron chi connectivity index (χ2n) is 6.72. The molecular formula is C21H15Br2FN4O2. The molecule has 0 fully saturated rings. The second kappa shape index (κ2) is 8.13. The van der Waals surface area contributed by atoms with Crippen LogP contribution in [-0.2, 0) is 6.61 Å². The Bertz CT molecular complexity index is 1180. The molecule has 0 unspecified atom stereocenters. The molecule has 30 heavy (non-hydrogen) atoms. The Kier molecular flexibility index (Phi) is 5.54. The second-order valence-corrected chi connectivity index (χ2v) is 8.43. The first-order chi connectivity index (χ1) is 14.4. The Hall–Kier alpha value is -2.83. The number of nitrogens with one attached hydrogen (secondary N) is 1. The van der Waals surface area contributed by atoms with Gasteiger partial charge in [0.05, 0.1) is 14.9 Å². The van der Waals surface area contributed by atoms with Crippen molar-refractivity contribution in [1.82, 2.24) is 10.2 Å². The number of H-pyrrole nitrogens is 1. The molecule has 0 saturated carbocycles. The number of benzene rings is 2. The predicted molar refractivity (Wildman–Crippen MR) is 115 cm³/mol. The molecule has 0 spiro atoms. The summed E-state index contributed by atoms with van der Waals surface area (Å²) >= 11 is 7.11. The standard InChI is InChI=1S/C21H15Br2FN4O2/c1-10-17-18(14(8-25)20(26)30-21(17)28-27-10)12-6-15(22)19(16(23)7-12)29-9-11-2-4-13(24)5-3-11/h2-7,18H,9,26H2,1H3,(H,27,28)/t18-/m0/s1. The summed E-state index contributed by atoms with van der Waals surface area (Å²) in [7, 11) is 0. The summed E-state index contributed by atoms with van der Waals surface area (Å²) < 4.78 is 25.9. The van der Waals surface area contributed by atoms with Gasteiger partial charge in [0.15, 0.2) is 0 Å². The van der Waals surface area contributed by atoms with E-state index in [2.05, 4.69) is 48.1 Å². The summed E-state index contributed by atoms with van der Waals surface area (Å²) in [6.45, 7) is 2.14. The lowest BCUT2D eigenvalue weighted by Gasteiger charge is -2.24. The molecule has 2 heterocycles. The number of aromatic nitrogens is 2.